The van der Waals surface area contributed by atoms with E-state index in [1.807, 2.05) is 18.2 Å². The number of benzene rings is 2. The van der Waals surface area contributed by atoms with Gasteiger partial charge in [-0.1, -0.05) is 12.1 Å². The predicted octanol–water partition coefficient (Wildman–Crippen LogP) is 3.68. The molecule has 1 heterocycles. The van der Waals surface area contributed by atoms with Crippen LogP contribution in [0.4, 0.5) is 13.2 Å². The molecule has 0 aliphatic carbocycles. The molecule has 0 radical (unpaired) electrons. The Labute approximate surface area is 167 Å². The van der Waals surface area contributed by atoms with Crippen LogP contribution in [0, 0.1) is 0 Å². The normalized spacial score (nSPS) is 15.3. The number of ether oxygens (including phenoxy) is 2. The number of carbonyl (C=O) groups is 1. The van der Waals surface area contributed by atoms with Crippen molar-refractivity contribution in [3.63, 3.8) is 0 Å². The molecule has 1 fully saturated rings. The van der Waals surface area contributed by atoms with Gasteiger partial charge in [0, 0.05) is 38.3 Å². The lowest BCUT2D eigenvalue weighted by atomic mass is 10.1. The second-order valence-electron chi connectivity index (χ2n) is 6.84. The lowest BCUT2D eigenvalue weighted by Crippen LogP contribution is -2.48. The fraction of sp³-hybridized carbons (Fsp3) is 0.381. The Balaban J connectivity index is 1.60. The third-order valence-electron chi connectivity index (χ3n) is 4.95. The number of methoxy groups -OCH3 is 2. The number of hydrogen-bond donors (Lipinski definition) is 0. The molecule has 29 heavy (non-hydrogen) atoms. The van der Waals surface area contributed by atoms with Gasteiger partial charge in [-0.2, -0.15) is 13.2 Å². The Morgan fingerprint density at radius 2 is 1.66 bits per heavy atom. The predicted molar refractivity (Wildman–Crippen MR) is 102 cm³/mol. The molecule has 3 rings (SSSR count). The monoisotopic (exact) mass is 408 g/mol. The van der Waals surface area contributed by atoms with E-state index in [1.165, 1.54) is 12.1 Å². The van der Waals surface area contributed by atoms with E-state index in [0.717, 1.165) is 17.7 Å². The highest BCUT2D eigenvalue weighted by molar-refractivity contribution is 5.94. The van der Waals surface area contributed by atoms with Crippen LogP contribution in [0.3, 0.4) is 0 Å². The van der Waals surface area contributed by atoms with Crippen LogP contribution in [0.1, 0.15) is 21.5 Å². The Kier molecular flexibility index (Phi) is 6.32. The third kappa shape index (κ3) is 5.00. The zero-order valence-corrected chi connectivity index (χ0v) is 16.3. The fourth-order valence-electron chi connectivity index (χ4n) is 3.36. The molecule has 1 saturated heterocycles. The summed E-state index contributed by atoms with van der Waals surface area (Å²) >= 11 is 0. The van der Waals surface area contributed by atoms with Crippen LogP contribution in [0.2, 0.25) is 0 Å². The van der Waals surface area contributed by atoms with Crippen molar-refractivity contribution in [3.8, 4) is 11.5 Å². The van der Waals surface area contributed by atoms with Crippen LogP contribution in [0.15, 0.2) is 42.5 Å². The Morgan fingerprint density at radius 1 is 0.966 bits per heavy atom. The second-order valence-corrected chi connectivity index (χ2v) is 6.84. The number of nitrogens with zero attached hydrogens (tertiary/aromatic N) is 2. The molecular weight excluding hydrogens is 385 g/mol. The maximum absolute atomic E-state index is 12.9. The Hall–Kier alpha value is -2.74. The van der Waals surface area contributed by atoms with E-state index in [4.69, 9.17) is 9.47 Å². The average Bonchev–Trinajstić information content (AvgIpc) is 2.73. The van der Waals surface area contributed by atoms with E-state index < -0.39 is 11.7 Å². The number of carbonyl (C=O) groups excluding carboxylic acids is 1. The summed E-state index contributed by atoms with van der Waals surface area (Å²) in [5.74, 6) is 0.943. The van der Waals surface area contributed by atoms with E-state index in [-0.39, 0.29) is 11.5 Å². The zero-order chi connectivity index (χ0) is 21.0. The van der Waals surface area contributed by atoms with Gasteiger partial charge in [-0.05, 0) is 35.9 Å². The highest BCUT2D eigenvalue weighted by Gasteiger charge is 2.31. The summed E-state index contributed by atoms with van der Waals surface area (Å²) in [6.45, 7) is 2.88. The van der Waals surface area contributed by atoms with Crippen molar-refractivity contribution in [1.29, 1.82) is 0 Å². The van der Waals surface area contributed by atoms with E-state index >= 15 is 0 Å². The molecule has 0 aromatic heterocycles. The number of hydrogen-bond acceptors (Lipinski definition) is 4. The largest absolute Gasteiger partial charge is 0.493 e. The summed E-state index contributed by atoms with van der Waals surface area (Å²) in [4.78, 5) is 16.4. The molecule has 5 nitrogen and oxygen atoms in total. The summed E-state index contributed by atoms with van der Waals surface area (Å²) in [5.41, 5.74) is 0.309. The molecule has 0 N–H and O–H groups in total. The standard InChI is InChI=1S/C21H23F3N2O3/c1-28-18-7-6-15(12-19(18)29-2)14-25-8-10-26(11-9-25)20(27)16-4-3-5-17(13-16)21(22,23)24/h3-7,12-13H,8-11,14H2,1-2H3. The molecule has 1 aliphatic rings. The summed E-state index contributed by atoms with van der Waals surface area (Å²) in [6.07, 6.45) is -4.46. The fourth-order valence-corrected chi connectivity index (χ4v) is 3.36. The van der Waals surface area contributed by atoms with Crippen LogP contribution in [0.25, 0.3) is 0 Å². The first-order valence-corrected chi connectivity index (χ1v) is 9.21. The highest BCUT2D eigenvalue weighted by atomic mass is 19.4. The summed E-state index contributed by atoms with van der Waals surface area (Å²) in [5, 5.41) is 0. The van der Waals surface area contributed by atoms with E-state index in [2.05, 4.69) is 4.90 Å². The first kappa shape index (κ1) is 21.0. The summed E-state index contributed by atoms with van der Waals surface area (Å²) in [7, 11) is 3.16. The van der Waals surface area contributed by atoms with Gasteiger partial charge in [-0.25, -0.2) is 0 Å². The van der Waals surface area contributed by atoms with Crippen molar-refractivity contribution in [3.05, 3.63) is 59.2 Å². The third-order valence-corrected chi connectivity index (χ3v) is 4.95. The van der Waals surface area contributed by atoms with Crippen LogP contribution < -0.4 is 9.47 Å². The van der Waals surface area contributed by atoms with Gasteiger partial charge in [0.1, 0.15) is 0 Å². The Morgan fingerprint density at radius 3 is 2.28 bits per heavy atom. The van der Waals surface area contributed by atoms with E-state index in [1.54, 1.807) is 19.1 Å². The molecule has 0 saturated carbocycles. The van der Waals surface area contributed by atoms with Crippen molar-refractivity contribution in [2.24, 2.45) is 0 Å². The molecule has 0 unspecified atom stereocenters. The van der Waals surface area contributed by atoms with E-state index in [0.29, 0.717) is 44.2 Å². The van der Waals surface area contributed by atoms with Gasteiger partial charge in [0.05, 0.1) is 19.8 Å². The molecular formula is C21H23F3N2O3. The van der Waals surface area contributed by atoms with Gasteiger partial charge < -0.3 is 14.4 Å². The minimum Gasteiger partial charge on any atom is -0.493 e. The maximum Gasteiger partial charge on any atom is 0.416 e. The van der Waals surface area contributed by atoms with Crippen molar-refractivity contribution >= 4 is 5.91 Å². The van der Waals surface area contributed by atoms with Crippen LogP contribution in [-0.4, -0.2) is 56.1 Å². The van der Waals surface area contributed by atoms with Crippen LogP contribution >= 0.6 is 0 Å². The van der Waals surface area contributed by atoms with Gasteiger partial charge in [0.25, 0.3) is 5.91 Å². The number of halogens is 3. The molecule has 0 bridgehead atoms. The van der Waals surface area contributed by atoms with Gasteiger partial charge in [-0.15, -0.1) is 0 Å². The smallest absolute Gasteiger partial charge is 0.416 e. The molecule has 2 aromatic carbocycles. The molecule has 0 spiro atoms. The van der Waals surface area contributed by atoms with Gasteiger partial charge >= 0.3 is 6.18 Å². The highest BCUT2D eigenvalue weighted by Crippen LogP contribution is 2.30. The van der Waals surface area contributed by atoms with Crippen molar-refractivity contribution in [2.75, 3.05) is 40.4 Å². The van der Waals surface area contributed by atoms with Gasteiger partial charge in [-0.3, -0.25) is 9.69 Å². The van der Waals surface area contributed by atoms with Gasteiger partial charge in [0.15, 0.2) is 11.5 Å². The summed E-state index contributed by atoms with van der Waals surface area (Å²) in [6, 6.07) is 10.3. The zero-order valence-electron chi connectivity index (χ0n) is 16.3. The van der Waals surface area contributed by atoms with Crippen LogP contribution in [-0.2, 0) is 12.7 Å². The quantitative estimate of drug-likeness (QED) is 0.757. The van der Waals surface area contributed by atoms with Crippen molar-refractivity contribution in [1.82, 2.24) is 9.80 Å². The molecule has 0 atom stereocenters. The molecule has 1 aliphatic heterocycles. The minimum absolute atomic E-state index is 0.0631. The number of amides is 1. The molecule has 2 aromatic rings. The van der Waals surface area contributed by atoms with E-state index in [9.17, 15) is 18.0 Å². The SMILES string of the molecule is COc1ccc(CN2CCN(C(=O)c3cccc(C(F)(F)F)c3)CC2)cc1OC. The number of alkyl halides is 3. The summed E-state index contributed by atoms with van der Waals surface area (Å²) < 4.78 is 49.2. The first-order chi connectivity index (χ1) is 13.8. The number of rotatable bonds is 5. The minimum atomic E-state index is -4.46. The molecule has 8 heteroatoms. The van der Waals surface area contributed by atoms with Crippen molar-refractivity contribution in [2.45, 2.75) is 12.7 Å². The molecule has 1 amide bonds. The average molecular weight is 408 g/mol. The van der Waals surface area contributed by atoms with Crippen molar-refractivity contribution < 1.29 is 27.4 Å². The second kappa shape index (κ2) is 8.73. The Bertz CT molecular complexity index is 862. The topological polar surface area (TPSA) is 42.0 Å². The van der Waals surface area contributed by atoms with Gasteiger partial charge in [0.2, 0.25) is 0 Å². The first-order valence-electron chi connectivity index (χ1n) is 9.21. The van der Waals surface area contributed by atoms with Crippen LogP contribution in [0.5, 0.6) is 11.5 Å². The lowest BCUT2D eigenvalue weighted by Gasteiger charge is -2.35. The molecule has 156 valence electrons. The number of piperazine rings is 1. The lowest BCUT2D eigenvalue weighted by molar-refractivity contribution is -0.137. The maximum atomic E-state index is 12.9.